The average Bonchev–Trinajstić information content (AvgIpc) is 2.64. The highest BCUT2D eigenvalue weighted by molar-refractivity contribution is 5.94. The number of rotatable bonds is 5. The van der Waals surface area contributed by atoms with Crippen molar-refractivity contribution in [2.24, 2.45) is 5.10 Å². The van der Waals surface area contributed by atoms with Crippen molar-refractivity contribution in [3.8, 4) is 0 Å². The van der Waals surface area contributed by atoms with Crippen molar-refractivity contribution in [3.63, 3.8) is 0 Å². The Bertz CT molecular complexity index is 680. The molecule has 1 aromatic carbocycles. The van der Waals surface area contributed by atoms with Gasteiger partial charge in [0.05, 0.1) is 19.4 Å². The van der Waals surface area contributed by atoms with Crippen LogP contribution in [0, 0.1) is 0 Å². The maximum atomic E-state index is 12.1. The van der Waals surface area contributed by atoms with Gasteiger partial charge in [0.15, 0.2) is 0 Å². The minimum Gasteiger partial charge on any atom is -0.370 e. The smallest absolute Gasteiger partial charge is 0.271 e. The second-order valence-corrected chi connectivity index (χ2v) is 5.72. The van der Waals surface area contributed by atoms with E-state index in [0.29, 0.717) is 5.56 Å². The van der Waals surface area contributed by atoms with E-state index >= 15 is 0 Å². The van der Waals surface area contributed by atoms with Gasteiger partial charge < -0.3 is 9.64 Å². The summed E-state index contributed by atoms with van der Waals surface area (Å²) in [5.41, 5.74) is 5.25. The monoisotopic (exact) mass is 325 g/mol. The van der Waals surface area contributed by atoms with Crippen LogP contribution in [0.2, 0.25) is 0 Å². The highest BCUT2D eigenvalue weighted by atomic mass is 16.5. The number of hydrogen-bond donors (Lipinski definition) is 2. The first-order valence-corrected chi connectivity index (χ1v) is 8.05. The highest BCUT2D eigenvalue weighted by Gasteiger charge is 2.14. The third-order valence-electron chi connectivity index (χ3n) is 3.96. The van der Waals surface area contributed by atoms with Crippen molar-refractivity contribution in [3.05, 3.63) is 65.5 Å². The van der Waals surface area contributed by atoms with E-state index in [0.717, 1.165) is 38.4 Å². The normalized spacial score (nSPS) is 15.5. The minimum atomic E-state index is -0.217. The van der Waals surface area contributed by atoms with Crippen LogP contribution >= 0.6 is 0 Å². The van der Waals surface area contributed by atoms with E-state index in [9.17, 15) is 4.79 Å². The number of hydrazone groups is 1. The third-order valence-corrected chi connectivity index (χ3v) is 3.96. The van der Waals surface area contributed by atoms with Crippen LogP contribution in [-0.4, -0.2) is 43.4 Å². The Morgan fingerprint density at radius 2 is 1.88 bits per heavy atom. The molecule has 2 N–H and O–H groups in total. The lowest BCUT2D eigenvalue weighted by Crippen LogP contribution is -3.12. The average molecular weight is 325 g/mol. The Balaban J connectivity index is 1.52. The van der Waals surface area contributed by atoms with E-state index in [1.807, 2.05) is 36.4 Å². The number of aromatic nitrogens is 1. The number of benzene rings is 1. The summed E-state index contributed by atoms with van der Waals surface area (Å²) in [6.45, 7) is 4.68. The van der Waals surface area contributed by atoms with Crippen molar-refractivity contribution in [2.45, 2.75) is 6.54 Å². The first kappa shape index (κ1) is 16.3. The Kier molecular flexibility index (Phi) is 5.65. The van der Waals surface area contributed by atoms with Crippen LogP contribution in [0.15, 0.2) is 53.9 Å². The number of morpholine rings is 1. The van der Waals surface area contributed by atoms with Crippen LogP contribution in [0.1, 0.15) is 21.5 Å². The number of nitrogens with one attached hydrogen (secondary N) is 2. The number of nitrogens with zero attached hydrogens (tertiary/aromatic N) is 2. The molecule has 0 atom stereocenters. The quantitative estimate of drug-likeness (QED) is 0.612. The Labute approximate surface area is 141 Å². The van der Waals surface area contributed by atoms with Crippen molar-refractivity contribution < 1.29 is 14.4 Å². The maximum absolute atomic E-state index is 12.1. The van der Waals surface area contributed by atoms with Crippen LogP contribution in [-0.2, 0) is 11.3 Å². The van der Waals surface area contributed by atoms with E-state index < -0.39 is 0 Å². The predicted octanol–water partition coefficient (Wildman–Crippen LogP) is 0.261. The van der Waals surface area contributed by atoms with E-state index in [4.69, 9.17) is 4.74 Å². The van der Waals surface area contributed by atoms with Gasteiger partial charge in [0.1, 0.15) is 19.6 Å². The third kappa shape index (κ3) is 4.71. The van der Waals surface area contributed by atoms with Crippen LogP contribution < -0.4 is 10.3 Å². The molecule has 0 bridgehead atoms. The van der Waals surface area contributed by atoms with E-state index in [-0.39, 0.29) is 5.91 Å². The number of amides is 1. The summed E-state index contributed by atoms with van der Waals surface area (Å²) in [5.74, 6) is -0.217. The summed E-state index contributed by atoms with van der Waals surface area (Å²) in [4.78, 5) is 17.5. The van der Waals surface area contributed by atoms with Crippen molar-refractivity contribution >= 4 is 12.1 Å². The molecule has 124 valence electrons. The molecule has 1 fully saturated rings. The van der Waals surface area contributed by atoms with Crippen molar-refractivity contribution in [2.75, 3.05) is 26.3 Å². The fourth-order valence-corrected chi connectivity index (χ4v) is 2.58. The molecular weight excluding hydrogens is 304 g/mol. The van der Waals surface area contributed by atoms with Gasteiger partial charge in [-0.25, -0.2) is 5.43 Å². The first-order chi connectivity index (χ1) is 11.8. The number of quaternary nitrogens is 1. The molecule has 6 nitrogen and oxygen atoms in total. The van der Waals surface area contributed by atoms with Gasteiger partial charge in [-0.15, -0.1) is 0 Å². The van der Waals surface area contributed by atoms with Crippen molar-refractivity contribution in [1.29, 1.82) is 0 Å². The van der Waals surface area contributed by atoms with E-state index in [2.05, 4.69) is 15.5 Å². The number of carbonyl (C=O) groups excluding carboxylic acids is 1. The van der Waals surface area contributed by atoms with Crippen LogP contribution in [0.25, 0.3) is 0 Å². The van der Waals surface area contributed by atoms with Gasteiger partial charge in [0.25, 0.3) is 5.91 Å². The molecule has 1 aromatic heterocycles. The summed E-state index contributed by atoms with van der Waals surface area (Å²) >= 11 is 0. The second kappa shape index (κ2) is 8.33. The van der Waals surface area contributed by atoms with Crippen LogP contribution in [0.3, 0.4) is 0 Å². The molecule has 24 heavy (non-hydrogen) atoms. The summed E-state index contributed by atoms with van der Waals surface area (Å²) in [7, 11) is 0. The topological polar surface area (TPSA) is 68.0 Å². The number of pyridine rings is 1. The molecule has 1 aliphatic rings. The SMILES string of the molecule is O=C(NN=Cc1ccncc1)c1ccc(C[NH+]2CCOCC2)cc1. The first-order valence-electron chi connectivity index (χ1n) is 8.05. The largest absolute Gasteiger partial charge is 0.370 e. The lowest BCUT2D eigenvalue weighted by atomic mass is 10.1. The Morgan fingerprint density at radius 1 is 1.17 bits per heavy atom. The van der Waals surface area contributed by atoms with Gasteiger partial charge in [-0.05, 0) is 29.8 Å². The molecule has 0 unspecified atom stereocenters. The van der Waals surface area contributed by atoms with E-state index in [1.54, 1.807) is 18.6 Å². The van der Waals surface area contributed by atoms with Gasteiger partial charge in [-0.2, -0.15) is 5.10 Å². The van der Waals surface area contributed by atoms with Crippen LogP contribution in [0.5, 0.6) is 0 Å². The zero-order chi connectivity index (χ0) is 16.6. The lowest BCUT2D eigenvalue weighted by molar-refractivity contribution is -0.921. The highest BCUT2D eigenvalue weighted by Crippen LogP contribution is 2.04. The molecule has 0 spiro atoms. The summed E-state index contributed by atoms with van der Waals surface area (Å²) in [6, 6.07) is 11.3. The zero-order valence-corrected chi connectivity index (χ0v) is 13.4. The molecule has 2 heterocycles. The molecule has 2 aromatic rings. The maximum Gasteiger partial charge on any atom is 0.271 e. The van der Waals surface area contributed by atoms with Gasteiger partial charge >= 0.3 is 0 Å². The predicted molar refractivity (Wildman–Crippen MR) is 91.0 cm³/mol. The summed E-state index contributed by atoms with van der Waals surface area (Å²) in [5, 5.41) is 3.96. The number of ether oxygens (including phenoxy) is 1. The van der Waals surface area contributed by atoms with Crippen LogP contribution in [0.4, 0.5) is 0 Å². The van der Waals surface area contributed by atoms with Gasteiger partial charge in [0, 0.05) is 23.5 Å². The van der Waals surface area contributed by atoms with Gasteiger partial charge in [-0.1, -0.05) is 12.1 Å². The Morgan fingerprint density at radius 3 is 2.58 bits per heavy atom. The zero-order valence-electron chi connectivity index (χ0n) is 13.4. The van der Waals surface area contributed by atoms with Crippen molar-refractivity contribution in [1.82, 2.24) is 10.4 Å². The molecule has 1 amide bonds. The molecule has 6 heteroatoms. The molecule has 3 rings (SSSR count). The van der Waals surface area contributed by atoms with Gasteiger partial charge in [0.2, 0.25) is 0 Å². The second-order valence-electron chi connectivity index (χ2n) is 5.72. The molecule has 1 saturated heterocycles. The number of carbonyl (C=O) groups is 1. The molecule has 0 radical (unpaired) electrons. The molecular formula is C18H21N4O2+. The standard InChI is InChI=1S/C18H20N4O2/c23-18(21-20-13-15-5-7-19-8-6-15)17-3-1-16(2-4-17)14-22-9-11-24-12-10-22/h1-8,13H,9-12,14H2,(H,21,23)/p+1. The minimum absolute atomic E-state index is 0.217. The summed E-state index contributed by atoms with van der Waals surface area (Å²) < 4.78 is 5.37. The fourth-order valence-electron chi connectivity index (χ4n) is 2.58. The number of hydrogen-bond acceptors (Lipinski definition) is 4. The summed E-state index contributed by atoms with van der Waals surface area (Å²) in [6.07, 6.45) is 4.95. The molecule has 1 aliphatic heterocycles. The molecule has 0 aliphatic carbocycles. The van der Waals surface area contributed by atoms with Gasteiger partial charge in [-0.3, -0.25) is 9.78 Å². The lowest BCUT2D eigenvalue weighted by Gasteiger charge is -2.23. The fraction of sp³-hybridized carbons (Fsp3) is 0.278. The van der Waals surface area contributed by atoms with E-state index in [1.165, 1.54) is 10.5 Å². The Hall–Kier alpha value is -2.57. The molecule has 0 saturated carbocycles.